The first-order valence-electron chi connectivity index (χ1n) is 11.1. The van der Waals surface area contributed by atoms with E-state index in [1.807, 2.05) is 56.3 Å². The summed E-state index contributed by atoms with van der Waals surface area (Å²) in [6.07, 6.45) is 6.39. The molecule has 0 fully saturated rings. The van der Waals surface area contributed by atoms with Crippen LogP contribution in [0.4, 0.5) is 5.69 Å². The van der Waals surface area contributed by atoms with Gasteiger partial charge < -0.3 is 20.1 Å². The van der Waals surface area contributed by atoms with Crippen molar-refractivity contribution in [2.45, 2.75) is 59.4 Å². The van der Waals surface area contributed by atoms with Crippen LogP contribution in [0.25, 0.3) is 0 Å². The summed E-state index contributed by atoms with van der Waals surface area (Å²) in [6, 6.07) is 13.6. The fourth-order valence-electron chi connectivity index (χ4n) is 3.11. The molecule has 1 amide bonds. The predicted octanol–water partition coefficient (Wildman–Crippen LogP) is 5.47. The van der Waals surface area contributed by atoms with Crippen LogP contribution in [0.1, 0.15) is 57.1 Å². The summed E-state index contributed by atoms with van der Waals surface area (Å²) in [5.74, 6) is 1.05. The second-order valence-electron chi connectivity index (χ2n) is 7.51. The van der Waals surface area contributed by atoms with Gasteiger partial charge in [0, 0.05) is 12.2 Å². The molecule has 0 saturated heterocycles. The van der Waals surface area contributed by atoms with Crippen LogP contribution in [0.2, 0.25) is 0 Å². The number of amides is 1. The normalized spacial score (nSPS) is 10.6. The van der Waals surface area contributed by atoms with Gasteiger partial charge in [-0.2, -0.15) is 0 Å². The molecule has 164 valence electrons. The highest BCUT2D eigenvalue weighted by Crippen LogP contribution is 2.28. The zero-order valence-electron chi connectivity index (χ0n) is 18.6. The second-order valence-corrected chi connectivity index (χ2v) is 7.51. The Kier molecular flexibility index (Phi) is 10.8. The Morgan fingerprint density at radius 2 is 1.67 bits per heavy atom. The summed E-state index contributed by atoms with van der Waals surface area (Å²) in [7, 11) is 0. The Bertz CT molecular complexity index is 759. The van der Waals surface area contributed by atoms with E-state index in [9.17, 15) is 4.79 Å². The van der Waals surface area contributed by atoms with E-state index in [1.54, 1.807) is 0 Å². The van der Waals surface area contributed by atoms with Crippen LogP contribution < -0.4 is 20.1 Å². The maximum atomic E-state index is 12.2. The van der Waals surface area contributed by atoms with Gasteiger partial charge >= 0.3 is 0 Å². The van der Waals surface area contributed by atoms with Gasteiger partial charge in [-0.15, -0.1) is 0 Å². The van der Waals surface area contributed by atoms with Gasteiger partial charge in [-0.1, -0.05) is 56.4 Å². The first kappa shape index (κ1) is 23.7. The molecule has 0 aliphatic carbocycles. The van der Waals surface area contributed by atoms with Gasteiger partial charge in [-0.3, -0.25) is 4.79 Å². The van der Waals surface area contributed by atoms with Crippen molar-refractivity contribution in [2.24, 2.45) is 0 Å². The number of rotatable bonds is 14. The maximum absolute atomic E-state index is 12.2. The van der Waals surface area contributed by atoms with Crippen LogP contribution >= 0.6 is 0 Å². The van der Waals surface area contributed by atoms with Crippen molar-refractivity contribution >= 4 is 11.6 Å². The third-order valence-corrected chi connectivity index (χ3v) is 4.79. The number of ether oxygens (including phenoxy) is 2. The monoisotopic (exact) mass is 412 g/mol. The van der Waals surface area contributed by atoms with Crippen LogP contribution in [0, 0.1) is 6.92 Å². The molecular weight excluding hydrogens is 376 g/mol. The minimum Gasteiger partial charge on any atom is -0.490 e. The quantitative estimate of drug-likeness (QED) is 0.404. The number of unbranched alkanes of at least 4 members (excludes halogenated alkanes) is 4. The number of nitrogens with one attached hydrogen (secondary N) is 2. The lowest BCUT2D eigenvalue weighted by molar-refractivity contribution is -0.118. The molecule has 0 heterocycles. The van der Waals surface area contributed by atoms with Gasteiger partial charge in [-0.05, 0) is 56.6 Å². The van der Waals surface area contributed by atoms with Gasteiger partial charge in [0.15, 0.2) is 18.1 Å². The standard InChI is InChI=1S/C25H36N2O3/c1-4-6-7-8-9-16-26-18-21-12-15-23(24(17-21)29-5-2)30-19-25(28)27-22-13-10-20(3)11-14-22/h10-15,17,26H,4-9,16,18-19H2,1-3H3,(H,27,28). The Morgan fingerprint density at radius 3 is 2.40 bits per heavy atom. The largest absolute Gasteiger partial charge is 0.490 e. The zero-order valence-corrected chi connectivity index (χ0v) is 18.6. The first-order chi connectivity index (χ1) is 14.6. The van der Waals surface area contributed by atoms with Crippen molar-refractivity contribution in [3.05, 3.63) is 53.6 Å². The van der Waals surface area contributed by atoms with Gasteiger partial charge in [0.1, 0.15) is 0 Å². The lowest BCUT2D eigenvalue weighted by Crippen LogP contribution is -2.20. The number of benzene rings is 2. The Morgan fingerprint density at radius 1 is 0.900 bits per heavy atom. The highest BCUT2D eigenvalue weighted by Gasteiger charge is 2.10. The van der Waals surface area contributed by atoms with Crippen molar-refractivity contribution in [1.82, 2.24) is 5.32 Å². The molecule has 5 nitrogen and oxygen atoms in total. The third-order valence-electron chi connectivity index (χ3n) is 4.79. The molecule has 0 radical (unpaired) electrons. The summed E-state index contributed by atoms with van der Waals surface area (Å²) >= 11 is 0. The Labute approximate surface area is 181 Å². The smallest absolute Gasteiger partial charge is 0.262 e. The molecule has 0 atom stereocenters. The highest BCUT2D eigenvalue weighted by atomic mass is 16.5. The minimum atomic E-state index is -0.199. The number of carbonyl (C=O) groups is 1. The van der Waals surface area contributed by atoms with E-state index in [-0.39, 0.29) is 12.5 Å². The summed E-state index contributed by atoms with van der Waals surface area (Å²) in [5.41, 5.74) is 3.05. The SMILES string of the molecule is CCCCCCCNCc1ccc(OCC(=O)Nc2ccc(C)cc2)c(OCC)c1. The number of aryl methyl sites for hydroxylation is 1. The van der Waals surface area contributed by atoms with E-state index in [4.69, 9.17) is 9.47 Å². The maximum Gasteiger partial charge on any atom is 0.262 e. The lowest BCUT2D eigenvalue weighted by Gasteiger charge is -2.14. The summed E-state index contributed by atoms with van der Waals surface area (Å²) in [5, 5.41) is 6.33. The van der Waals surface area contributed by atoms with Crippen LogP contribution in [-0.4, -0.2) is 25.7 Å². The molecule has 2 N–H and O–H groups in total. The predicted molar refractivity (Wildman–Crippen MR) is 123 cm³/mol. The van der Waals surface area contributed by atoms with Crippen LogP contribution in [0.15, 0.2) is 42.5 Å². The molecule has 30 heavy (non-hydrogen) atoms. The summed E-state index contributed by atoms with van der Waals surface area (Å²) < 4.78 is 11.5. The van der Waals surface area contributed by atoms with E-state index in [2.05, 4.69) is 17.6 Å². The Balaban J connectivity index is 1.81. The van der Waals surface area contributed by atoms with Crippen LogP contribution in [0.3, 0.4) is 0 Å². The van der Waals surface area contributed by atoms with Gasteiger partial charge in [0.2, 0.25) is 0 Å². The number of anilines is 1. The van der Waals surface area contributed by atoms with Crippen molar-refractivity contribution in [3.63, 3.8) is 0 Å². The molecule has 2 rings (SSSR count). The molecule has 5 heteroatoms. The van der Waals surface area contributed by atoms with Crippen molar-refractivity contribution in [3.8, 4) is 11.5 Å². The van der Waals surface area contributed by atoms with E-state index in [1.165, 1.54) is 32.1 Å². The average Bonchev–Trinajstić information content (AvgIpc) is 2.74. The fraction of sp³-hybridized carbons (Fsp3) is 0.480. The van der Waals surface area contributed by atoms with Gasteiger partial charge in [-0.25, -0.2) is 0 Å². The molecule has 2 aromatic rings. The molecule has 0 aliphatic heterocycles. The zero-order chi connectivity index (χ0) is 21.6. The average molecular weight is 413 g/mol. The first-order valence-corrected chi connectivity index (χ1v) is 11.1. The third kappa shape index (κ3) is 8.87. The molecule has 0 aromatic heterocycles. The summed E-state index contributed by atoms with van der Waals surface area (Å²) in [4.78, 5) is 12.2. The summed E-state index contributed by atoms with van der Waals surface area (Å²) in [6.45, 7) is 8.47. The molecule has 0 aliphatic rings. The molecule has 0 saturated carbocycles. The fourth-order valence-corrected chi connectivity index (χ4v) is 3.11. The molecule has 0 unspecified atom stereocenters. The highest BCUT2D eigenvalue weighted by molar-refractivity contribution is 5.91. The molecule has 2 aromatic carbocycles. The van der Waals surface area contributed by atoms with Gasteiger partial charge in [0.25, 0.3) is 5.91 Å². The van der Waals surface area contributed by atoms with E-state index >= 15 is 0 Å². The van der Waals surface area contributed by atoms with Crippen molar-refractivity contribution in [2.75, 3.05) is 25.1 Å². The van der Waals surface area contributed by atoms with E-state index in [0.717, 1.165) is 29.9 Å². The number of carbonyl (C=O) groups excluding carboxylic acids is 1. The van der Waals surface area contributed by atoms with E-state index < -0.39 is 0 Å². The number of hydrogen-bond acceptors (Lipinski definition) is 4. The van der Waals surface area contributed by atoms with E-state index in [0.29, 0.717) is 18.1 Å². The van der Waals surface area contributed by atoms with Crippen LogP contribution in [0.5, 0.6) is 11.5 Å². The Hall–Kier alpha value is -2.53. The van der Waals surface area contributed by atoms with Gasteiger partial charge in [0.05, 0.1) is 6.61 Å². The minimum absolute atomic E-state index is 0.0662. The lowest BCUT2D eigenvalue weighted by atomic mass is 10.1. The van der Waals surface area contributed by atoms with Crippen molar-refractivity contribution in [1.29, 1.82) is 0 Å². The second kappa shape index (κ2) is 13.6. The molecular formula is C25H36N2O3. The van der Waals surface area contributed by atoms with Crippen LogP contribution in [-0.2, 0) is 11.3 Å². The number of hydrogen-bond donors (Lipinski definition) is 2. The topological polar surface area (TPSA) is 59.6 Å². The molecule has 0 spiro atoms. The molecule has 0 bridgehead atoms. The van der Waals surface area contributed by atoms with Crippen molar-refractivity contribution < 1.29 is 14.3 Å².